The molecule has 8 nitrogen and oxygen atoms in total. The van der Waals surface area contributed by atoms with Crippen LogP contribution in [0.25, 0.3) is 0 Å². The molecular weight excluding hydrogens is 444 g/mol. The largest absolute Gasteiger partial charge is 0.492 e. The van der Waals surface area contributed by atoms with Gasteiger partial charge in [0.25, 0.3) is 17.7 Å². The van der Waals surface area contributed by atoms with E-state index in [4.69, 9.17) is 10.5 Å². The van der Waals surface area contributed by atoms with Crippen molar-refractivity contribution < 1.29 is 19.1 Å². The molecule has 4 N–H and O–H groups in total. The van der Waals surface area contributed by atoms with Crippen molar-refractivity contribution in [2.75, 3.05) is 38.1 Å². The van der Waals surface area contributed by atoms with E-state index in [1.807, 2.05) is 25.7 Å². The predicted molar refractivity (Wildman–Crippen MR) is 137 cm³/mol. The van der Waals surface area contributed by atoms with Crippen LogP contribution in [-0.4, -0.2) is 55.4 Å². The van der Waals surface area contributed by atoms with Crippen molar-refractivity contribution in [2.45, 2.75) is 46.5 Å². The van der Waals surface area contributed by atoms with Gasteiger partial charge in [0.1, 0.15) is 12.4 Å². The molecular formula is C27H36N4O4. The quantitative estimate of drug-likeness (QED) is 0.507. The molecule has 188 valence electrons. The van der Waals surface area contributed by atoms with Gasteiger partial charge in [-0.3, -0.25) is 14.4 Å². The molecule has 3 amide bonds. The number of rotatable bonds is 9. The molecule has 35 heavy (non-hydrogen) atoms. The number of anilines is 1. The molecule has 1 aliphatic rings. The molecule has 0 atom stereocenters. The summed E-state index contributed by atoms with van der Waals surface area (Å²) < 4.78 is 5.70. The molecule has 0 spiro atoms. The Morgan fingerprint density at radius 3 is 2.17 bits per heavy atom. The summed E-state index contributed by atoms with van der Waals surface area (Å²) in [5.74, 6) is -0.0118. The molecule has 0 saturated carbocycles. The van der Waals surface area contributed by atoms with Crippen LogP contribution in [0, 0.1) is 13.8 Å². The molecule has 0 radical (unpaired) electrons. The van der Waals surface area contributed by atoms with Crippen LogP contribution in [0.4, 0.5) is 5.69 Å². The summed E-state index contributed by atoms with van der Waals surface area (Å²) in [5.41, 5.74) is 8.80. The number of carbonyl (C=O) groups excluding carboxylic acids is 3. The number of carbonyl (C=O) groups is 3. The minimum Gasteiger partial charge on any atom is -0.492 e. The maximum atomic E-state index is 13.2. The van der Waals surface area contributed by atoms with Crippen molar-refractivity contribution in [3.63, 3.8) is 0 Å². The Kier molecular flexibility index (Phi) is 9.25. The molecule has 1 heterocycles. The molecule has 1 saturated heterocycles. The number of benzene rings is 2. The van der Waals surface area contributed by atoms with Crippen molar-refractivity contribution in [3.05, 3.63) is 58.1 Å². The maximum absolute atomic E-state index is 13.2. The van der Waals surface area contributed by atoms with E-state index in [1.54, 1.807) is 30.3 Å². The number of ether oxygens (including phenoxy) is 1. The second-order valence-corrected chi connectivity index (χ2v) is 8.94. The highest BCUT2D eigenvalue weighted by atomic mass is 16.5. The minimum atomic E-state index is -0.330. The van der Waals surface area contributed by atoms with Crippen molar-refractivity contribution in [3.8, 4) is 5.75 Å². The van der Waals surface area contributed by atoms with Crippen LogP contribution in [0.2, 0.25) is 0 Å². The number of nitrogens with two attached hydrogens (primary N) is 1. The summed E-state index contributed by atoms with van der Waals surface area (Å²) in [6, 6.07) is 8.37. The van der Waals surface area contributed by atoms with Crippen molar-refractivity contribution in [1.82, 2.24) is 10.2 Å². The van der Waals surface area contributed by atoms with Crippen molar-refractivity contribution in [2.24, 2.45) is 5.73 Å². The molecule has 0 aromatic heterocycles. The first-order valence-corrected chi connectivity index (χ1v) is 12.3. The van der Waals surface area contributed by atoms with Crippen LogP contribution in [0.3, 0.4) is 0 Å². The first-order chi connectivity index (χ1) is 16.8. The molecule has 2 aromatic rings. The number of likely N-dealkylation sites (tertiary alicyclic amines) is 1. The third kappa shape index (κ3) is 6.82. The number of nitrogens with zero attached hydrogens (tertiary/aromatic N) is 1. The minimum absolute atomic E-state index is 0.126. The van der Waals surface area contributed by atoms with Crippen LogP contribution < -0.4 is 21.1 Å². The van der Waals surface area contributed by atoms with E-state index in [-0.39, 0.29) is 17.7 Å². The van der Waals surface area contributed by atoms with Gasteiger partial charge in [0, 0.05) is 48.6 Å². The Hall–Kier alpha value is -3.39. The zero-order valence-corrected chi connectivity index (χ0v) is 20.9. The number of piperidine rings is 1. The molecule has 3 rings (SSSR count). The van der Waals surface area contributed by atoms with E-state index in [9.17, 15) is 14.4 Å². The molecule has 0 bridgehead atoms. The summed E-state index contributed by atoms with van der Waals surface area (Å²) in [6.07, 6.45) is 3.84. The number of hydrogen-bond donors (Lipinski definition) is 3. The lowest BCUT2D eigenvalue weighted by molar-refractivity contribution is 0.0724. The van der Waals surface area contributed by atoms with Gasteiger partial charge in [0.05, 0.1) is 0 Å². The van der Waals surface area contributed by atoms with Gasteiger partial charge in [-0.2, -0.15) is 0 Å². The highest BCUT2D eigenvalue weighted by molar-refractivity contribution is 6.07. The van der Waals surface area contributed by atoms with Crippen LogP contribution in [0.1, 0.15) is 74.8 Å². The van der Waals surface area contributed by atoms with Gasteiger partial charge in [-0.05, 0) is 81.0 Å². The Labute approximate surface area is 207 Å². The normalized spacial score (nSPS) is 13.3. The molecule has 1 aliphatic heterocycles. The summed E-state index contributed by atoms with van der Waals surface area (Å²) in [4.78, 5) is 40.8. The zero-order valence-electron chi connectivity index (χ0n) is 20.9. The van der Waals surface area contributed by atoms with Crippen LogP contribution in [0.5, 0.6) is 5.75 Å². The Morgan fingerprint density at radius 2 is 1.54 bits per heavy atom. The summed E-state index contributed by atoms with van der Waals surface area (Å²) in [6.45, 7) is 8.46. The first kappa shape index (κ1) is 26.2. The molecule has 1 fully saturated rings. The molecule has 8 heteroatoms. The number of nitrogens with one attached hydrogen (secondary N) is 2. The standard InChI is InChI=1S/C27H36N4O4/c1-4-9-29-25(32)21-15-22(27(34)31-10-6-5-7-11-31)17-23(16-21)30-26(33)20-13-18(2)24(19(3)14-20)35-12-8-28/h13-17H,4-12,28H2,1-3H3,(H,29,32)(H,30,33). The van der Waals surface area contributed by atoms with E-state index >= 15 is 0 Å². The highest BCUT2D eigenvalue weighted by Crippen LogP contribution is 2.26. The van der Waals surface area contributed by atoms with Gasteiger partial charge in [-0.15, -0.1) is 0 Å². The fourth-order valence-electron chi connectivity index (χ4n) is 4.25. The number of hydrogen-bond acceptors (Lipinski definition) is 5. The first-order valence-electron chi connectivity index (χ1n) is 12.3. The second-order valence-electron chi connectivity index (χ2n) is 8.94. The smallest absolute Gasteiger partial charge is 0.255 e. The summed E-state index contributed by atoms with van der Waals surface area (Å²) in [5, 5.41) is 5.72. The van der Waals surface area contributed by atoms with Gasteiger partial charge in [-0.25, -0.2) is 0 Å². The Bertz CT molecular complexity index is 1050. The fraction of sp³-hybridized carbons (Fsp3) is 0.444. The SMILES string of the molecule is CCCNC(=O)c1cc(NC(=O)c2cc(C)c(OCCN)c(C)c2)cc(C(=O)N2CCCCC2)c1. The number of aryl methyl sites for hydroxylation is 2. The van der Waals surface area contributed by atoms with Gasteiger partial charge in [0.2, 0.25) is 0 Å². The van der Waals surface area contributed by atoms with Gasteiger partial charge in [-0.1, -0.05) is 6.92 Å². The Balaban J connectivity index is 1.88. The van der Waals surface area contributed by atoms with Gasteiger partial charge in [0.15, 0.2) is 0 Å². The van der Waals surface area contributed by atoms with E-state index in [0.29, 0.717) is 55.2 Å². The zero-order chi connectivity index (χ0) is 25.4. The lowest BCUT2D eigenvalue weighted by Crippen LogP contribution is -2.36. The monoisotopic (exact) mass is 480 g/mol. The van der Waals surface area contributed by atoms with Crippen LogP contribution in [0.15, 0.2) is 30.3 Å². The van der Waals surface area contributed by atoms with E-state index in [1.165, 1.54) is 0 Å². The molecule has 2 aromatic carbocycles. The maximum Gasteiger partial charge on any atom is 0.255 e. The number of amides is 3. The molecule has 0 aliphatic carbocycles. The summed E-state index contributed by atoms with van der Waals surface area (Å²) >= 11 is 0. The van der Waals surface area contributed by atoms with Crippen LogP contribution >= 0.6 is 0 Å². The van der Waals surface area contributed by atoms with Gasteiger partial charge >= 0.3 is 0 Å². The summed E-state index contributed by atoms with van der Waals surface area (Å²) in [7, 11) is 0. The average molecular weight is 481 g/mol. The molecule has 0 unspecified atom stereocenters. The second kappa shape index (κ2) is 12.4. The lowest BCUT2D eigenvalue weighted by Gasteiger charge is -2.27. The third-order valence-corrected chi connectivity index (χ3v) is 5.97. The lowest BCUT2D eigenvalue weighted by atomic mass is 10.0. The van der Waals surface area contributed by atoms with Crippen LogP contribution in [-0.2, 0) is 0 Å². The van der Waals surface area contributed by atoms with Crippen molar-refractivity contribution >= 4 is 23.4 Å². The average Bonchev–Trinajstić information content (AvgIpc) is 2.86. The highest BCUT2D eigenvalue weighted by Gasteiger charge is 2.21. The van der Waals surface area contributed by atoms with E-state index in [0.717, 1.165) is 42.6 Å². The third-order valence-electron chi connectivity index (χ3n) is 5.97. The van der Waals surface area contributed by atoms with E-state index < -0.39 is 0 Å². The Morgan fingerprint density at radius 1 is 0.914 bits per heavy atom. The van der Waals surface area contributed by atoms with Gasteiger partial charge < -0.3 is 26.0 Å². The van der Waals surface area contributed by atoms with E-state index in [2.05, 4.69) is 10.6 Å². The predicted octanol–water partition coefficient (Wildman–Crippen LogP) is 3.66. The topological polar surface area (TPSA) is 114 Å². The van der Waals surface area contributed by atoms with Crippen molar-refractivity contribution in [1.29, 1.82) is 0 Å². The fourth-order valence-corrected chi connectivity index (χ4v) is 4.25.